The fourth-order valence-electron chi connectivity index (χ4n) is 2.69. The van der Waals surface area contributed by atoms with Crippen LogP contribution >= 0.6 is 0 Å². The first kappa shape index (κ1) is 19.5. The molecule has 1 heterocycles. The summed E-state index contributed by atoms with van der Waals surface area (Å²) in [6, 6.07) is 4.31. The normalized spacial score (nSPS) is 16.7. The van der Waals surface area contributed by atoms with Gasteiger partial charge in [-0.2, -0.15) is 0 Å². The summed E-state index contributed by atoms with van der Waals surface area (Å²) < 4.78 is 15.5. The molecule has 0 saturated carbocycles. The van der Waals surface area contributed by atoms with Gasteiger partial charge in [-0.05, 0) is 12.1 Å². The van der Waals surface area contributed by atoms with E-state index in [1.165, 1.54) is 19.1 Å². The van der Waals surface area contributed by atoms with E-state index in [9.17, 15) is 14.4 Å². The van der Waals surface area contributed by atoms with Crippen LogP contribution in [0.25, 0.3) is 0 Å². The molecule has 1 aliphatic rings. The summed E-state index contributed by atoms with van der Waals surface area (Å²) in [4.78, 5) is 37.0. The first-order valence-electron chi connectivity index (χ1n) is 8.05. The molecule has 2 N–H and O–H groups in total. The van der Waals surface area contributed by atoms with Crippen LogP contribution in [0.15, 0.2) is 18.2 Å². The van der Waals surface area contributed by atoms with Gasteiger partial charge in [0.25, 0.3) is 0 Å². The number of carboxylic acids is 1. The van der Waals surface area contributed by atoms with Gasteiger partial charge in [0.2, 0.25) is 11.8 Å². The summed E-state index contributed by atoms with van der Waals surface area (Å²) in [5.74, 6) is -1.00. The van der Waals surface area contributed by atoms with E-state index < -0.39 is 30.2 Å². The molecule has 1 atom stereocenters. The molecule has 9 heteroatoms. The number of nitrogens with one attached hydrogen (secondary N) is 1. The first-order valence-corrected chi connectivity index (χ1v) is 8.05. The Labute approximate surface area is 150 Å². The zero-order valence-electron chi connectivity index (χ0n) is 14.7. The molecular formula is C17H22N2O7. The Morgan fingerprint density at radius 2 is 2.08 bits per heavy atom. The van der Waals surface area contributed by atoms with Crippen LogP contribution in [0, 0.1) is 0 Å². The van der Waals surface area contributed by atoms with Crippen molar-refractivity contribution in [3.05, 3.63) is 18.2 Å². The largest absolute Gasteiger partial charge is 0.497 e. The summed E-state index contributed by atoms with van der Waals surface area (Å²) in [5.41, 5.74) is 0.412. The van der Waals surface area contributed by atoms with E-state index in [-0.39, 0.29) is 19.6 Å². The van der Waals surface area contributed by atoms with Gasteiger partial charge in [-0.15, -0.1) is 0 Å². The molecule has 2 rings (SSSR count). The zero-order chi connectivity index (χ0) is 19.1. The lowest BCUT2D eigenvalue weighted by Crippen LogP contribution is -2.50. The van der Waals surface area contributed by atoms with E-state index in [4.69, 9.17) is 19.3 Å². The summed E-state index contributed by atoms with van der Waals surface area (Å²) in [7, 11) is 2.97. The lowest BCUT2D eigenvalue weighted by atomic mass is 10.1. The topological polar surface area (TPSA) is 114 Å². The molecule has 0 spiro atoms. The Bertz CT molecular complexity index is 677. The van der Waals surface area contributed by atoms with Gasteiger partial charge < -0.3 is 29.5 Å². The number of ether oxygens (including phenoxy) is 3. The number of carboxylic acid groups (broad SMARTS) is 1. The number of rotatable bonds is 7. The third-order valence-corrected chi connectivity index (χ3v) is 3.95. The predicted octanol–water partition coefficient (Wildman–Crippen LogP) is 0.734. The highest BCUT2D eigenvalue weighted by molar-refractivity contribution is 6.04. The molecule has 1 unspecified atom stereocenters. The quantitative estimate of drug-likeness (QED) is 0.684. The molecule has 9 nitrogen and oxygen atoms in total. The van der Waals surface area contributed by atoms with E-state index in [1.807, 2.05) is 0 Å². The molecule has 142 valence electrons. The number of aliphatic carboxylic acids is 1. The van der Waals surface area contributed by atoms with E-state index in [0.29, 0.717) is 23.8 Å². The van der Waals surface area contributed by atoms with E-state index in [1.54, 1.807) is 18.2 Å². The second kappa shape index (κ2) is 9.04. The molecule has 26 heavy (non-hydrogen) atoms. The Morgan fingerprint density at radius 1 is 1.31 bits per heavy atom. The lowest BCUT2D eigenvalue weighted by Gasteiger charge is -2.34. The van der Waals surface area contributed by atoms with Gasteiger partial charge in [0.1, 0.15) is 17.9 Å². The lowest BCUT2D eigenvalue weighted by molar-refractivity contribution is -0.147. The summed E-state index contributed by atoms with van der Waals surface area (Å²) in [6.45, 7) is 0.720. The number of hydrogen-bond donors (Lipinski definition) is 2. The van der Waals surface area contributed by atoms with Gasteiger partial charge in [0, 0.05) is 12.6 Å². The number of benzene rings is 1. The van der Waals surface area contributed by atoms with Crippen LogP contribution < -0.4 is 14.8 Å². The van der Waals surface area contributed by atoms with Crippen molar-refractivity contribution in [2.45, 2.75) is 18.9 Å². The molecule has 1 aliphatic heterocycles. The van der Waals surface area contributed by atoms with Crippen molar-refractivity contribution in [1.29, 1.82) is 0 Å². The van der Waals surface area contributed by atoms with Crippen LogP contribution in [-0.4, -0.2) is 67.8 Å². The molecule has 2 amide bonds. The van der Waals surface area contributed by atoms with Crippen molar-refractivity contribution in [1.82, 2.24) is 4.90 Å². The van der Waals surface area contributed by atoms with Crippen molar-refractivity contribution < 1.29 is 33.7 Å². The summed E-state index contributed by atoms with van der Waals surface area (Å²) in [6.07, 6.45) is -0.620. The van der Waals surface area contributed by atoms with Crippen molar-refractivity contribution >= 4 is 23.5 Å². The van der Waals surface area contributed by atoms with E-state index in [0.717, 1.165) is 0 Å². The van der Waals surface area contributed by atoms with Crippen molar-refractivity contribution in [3.8, 4) is 11.5 Å². The highest BCUT2D eigenvalue weighted by atomic mass is 16.5. The molecule has 1 saturated heterocycles. The Hall–Kier alpha value is -2.81. The minimum atomic E-state index is -1.02. The van der Waals surface area contributed by atoms with Gasteiger partial charge in [-0.1, -0.05) is 0 Å². The van der Waals surface area contributed by atoms with Crippen LogP contribution in [0.1, 0.15) is 12.8 Å². The SMILES string of the molecule is COc1ccc(NC(=O)CC(=O)N2CCOCC2CC(=O)O)c(OC)c1. The minimum absolute atomic E-state index is 0.145. The fourth-order valence-corrected chi connectivity index (χ4v) is 2.69. The molecule has 1 aromatic carbocycles. The second-order valence-corrected chi connectivity index (χ2v) is 5.70. The maximum atomic E-state index is 12.4. The maximum Gasteiger partial charge on any atom is 0.305 e. The van der Waals surface area contributed by atoms with Gasteiger partial charge in [0.15, 0.2) is 0 Å². The molecule has 0 radical (unpaired) electrons. The van der Waals surface area contributed by atoms with E-state index >= 15 is 0 Å². The monoisotopic (exact) mass is 366 g/mol. The van der Waals surface area contributed by atoms with Crippen LogP contribution in [0.4, 0.5) is 5.69 Å². The first-order chi connectivity index (χ1) is 12.4. The third kappa shape index (κ3) is 5.09. The van der Waals surface area contributed by atoms with Crippen LogP contribution in [0.3, 0.4) is 0 Å². The second-order valence-electron chi connectivity index (χ2n) is 5.70. The highest BCUT2D eigenvalue weighted by Crippen LogP contribution is 2.29. The predicted molar refractivity (Wildman–Crippen MR) is 91.4 cm³/mol. The molecule has 0 aliphatic carbocycles. The molecular weight excluding hydrogens is 344 g/mol. The van der Waals surface area contributed by atoms with Gasteiger partial charge in [-0.25, -0.2) is 0 Å². The molecule has 1 fully saturated rings. The van der Waals surface area contributed by atoms with E-state index in [2.05, 4.69) is 5.32 Å². The molecule has 0 aromatic heterocycles. The van der Waals surface area contributed by atoms with Crippen molar-refractivity contribution in [2.24, 2.45) is 0 Å². The van der Waals surface area contributed by atoms with Gasteiger partial charge in [-0.3, -0.25) is 14.4 Å². The van der Waals surface area contributed by atoms with Gasteiger partial charge >= 0.3 is 5.97 Å². The van der Waals surface area contributed by atoms with Gasteiger partial charge in [0.05, 0.1) is 45.6 Å². The standard InChI is InChI=1S/C17H22N2O7/c1-24-12-3-4-13(14(8-12)25-2)18-15(20)9-16(21)19-5-6-26-10-11(19)7-17(22)23/h3-4,8,11H,5-7,9-10H2,1-2H3,(H,18,20)(H,22,23). The van der Waals surface area contributed by atoms with Crippen LogP contribution in [-0.2, 0) is 19.1 Å². The zero-order valence-corrected chi connectivity index (χ0v) is 14.7. The maximum absolute atomic E-state index is 12.4. The number of anilines is 1. The molecule has 1 aromatic rings. The number of nitrogens with zero attached hydrogens (tertiary/aromatic N) is 1. The fraction of sp³-hybridized carbons (Fsp3) is 0.471. The number of morpholine rings is 1. The van der Waals surface area contributed by atoms with Crippen molar-refractivity contribution in [3.63, 3.8) is 0 Å². The van der Waals surface area contributed by atoms with Crippen molar-refractivity contribution in [2.75, 3.05) is 39.3 Å². The Balaban J connectivity index is 2.00. The van der Waals surface area contributed by atoms with Crippen LogP contribution in [0.2, 0.25) is 0 Å². The number of carbonyl (C=O) groups is 3. The number of amides is 2. The van der Waals surface area contributed by atoms with Crippen LogP contribution in [0.5, 0.6) is 11.5 Å². The molecule has 0 bridgehead atoms. The Kier molecular flexibility index (Phi) is 6.79. The number of hydrogen-bond acceptors (Lipinski definition) is 6. The smallest absolute Gasteiger partial charge is 0.305 e. The average Bonchev–Trinajstić information content (AvgIpc) is 2.61. The summed E-state index contributed by atoms with van der Waals surface area (Å²) >= 11 is 0. The average molecular weight is 366 g/mol. The third-order valence-electron chi connectivity index (χ3n) is 3.95. The number of methoxy groups -OCH3 is 2. The highest BCUT2D eigenvalue weighted by Gasteiger charge is 2.30. The summed E-state index contributed by atoms with van der Waals surface area (Å²) in [5, 5.41) is 11.6. The number of carbonyl (C=O) groups excluding carboxylic acids is 2. The minimum Gasteiger partial charge on any atom is -0.497 e. The Morgan fingerprint density at radius 3 is 2.73 bits per heavy atom.